The third-order valence-corrected chi connectivity index (χ3v) is 5.48. The van der Waals surface area contributed by atoms with Crippen LogP contribution in [0.1, 0.15) is 22.7 Å². The zero-order valence-electron chi connectivity index (χ0n) is 14.4. The average Bonchev–Trinajstić information content (AvgIpc) is 3.39. The van der Waals surface area contributed by atoms with E-state index in [0.29, 0.717) is 17.2 Å². The van der Waals surface area contributed by atoms with Gasteiger partial charge in [0, 0.05) is 42.6 Å². The van der Waals surface area contributed by atoms with Crippen LogP contribution in [0.3, 0.4) is 0 Å². The summed E-state index contributed by atoms with van der Waals surface area (Å²) in [4.78, 5) is 29.1. The van der Waals surface area contributed by atoms with E-state index in [4.69, 9.17) is 10.3 Å². The van der Waals surface area contributed by atoms with Gasteiger partial charge in [-0.25, -0.2) is 4.98 Å². The van der Waals surface area contributed by atoms with Crippen LogP contribution in [0, 0.1) is 0 Å². The summed E-state index contributed by atoms with van der Waals surface area (Å²) in [6.45, 7) is 0.451. The Hall–Kier alpha value is -3.04. The van der Waals surface area contributed by atoms with Gasteiger partial charge in [-0.05, 0) is 6.07 Å². The minimum Gasteiger partial charge on any atom is -0.373 e. The highest BCUT2D eigenvalue weighted by Gasteiger charge is 2.48. The molecular weight excluding hydrogens is 368 g/mol. The molecule has 1 unspecified atom stereocenters. The molecule has 3 N–H and O–H groups in total. The fourth-order valence-corrected chi connectivity index (χ4v) is 3.83. The van der Waals surface area contributed by atoms with E-state index in [1.807, 2.05) is 24.3 Å². The van der Waals surface area contributed by atoms with E-state index in [9.17, 15) is 14.7 Å². The van der Waals surface area contributed by atoms with E-state index in [1.54, 1.807) is 18.5 Å². The first kappa shape index (κ1) is 17.4. The van der Waals surface area contributed by atoms with Crippen LogP contribution in [0.5, 0.6) is 0 Å². The van der Waals surface area contributed by atoms with Crippen LogP contribution in [0.25, 0.3) is 21.8 Å². The highest BCUT2D eigenvalue weighted by molar-refractivity contribution is 7.13. The molecule has 1 aliphatic rings. The van der Waals surface area contributed by atoms with Gasteiger partial charge >= 0.3 is 0 Å². The van der Waals surface area contributed by atoms with Crippen molar-refractivity contribution in [2.45, 2.75) is 12.0 Å². The predicted octanol–water partition coefficient (Wildman–Crippen LogP) is 1.61. The first-order valence-corrected chi connectivity index (χ1v) is 9.08. The molecule has 1 aliphatic heterocycles. The second-order valence-corrected chi connectivity index (χ2v) is 7.25. The Morgan fingerprint density at radius 1 is 1.37 bits per heavy atom. The molecule has 1 aromatic carbocycles. The second-order valence-electron chi connectivity index (χ2n) is 6.40. The lowest BCUT2D eigenvalue weighted by Gasteiger charge is -2.16. The average molecular weight is 384 g/mol. The first-order chi connectivity index (χ1) is 12.9. The van der Waals surface area contributed by atoms with E-state index < -0.39 is 17.4 Å². The maximum absolute atomic E-state index is 12.2. The van der Waals surface area contributed by atoms with Crippen molar-refractivity contribution in [1.82, 2.24) is 15.0 Å². The zero-order valence-corrected chi connectivity index (χ0v) is 15.2. The molecule has 4 rings (SSSR count). The Kier molecular flexibility index (Phi) is 4.05. The number of carbonyl (C=O) groups is 2. The summed E-state index contributed by atoms with van der Waals surface area (Å²) in [6.07, 6.45) is 0.256. The molecular formula is C18H16N4O4S. The molecule has 2 amide bonds. The normalized spacial score (nSPS) is 19.6. The van der Waals surface area contributed by atoms with Gasteiger partial charge in [-0.1, -0.05) is 23.4 Å². The summed E-state index contributed by atoms with van der Waals surface area (Å²) in [5.41, 5.74) is 5.82. The van der Waals surface area contributed by atoms with Crippen molar-refractivity contribution in [1.29, 1.82) is 0 Å². The number of aromatic nitrogens is 2. The van der Waals surface area contributed by atoms with E-state index in [0.717, 1.165) is 11.1 Å². The van der Waals surface area contributed by atoms with E-state index in [1.165, 1.54) is 16.2 Å². The number of likely N-dealkylation sites (tertiary alicyclic amines) is 1. The van der Waals surface area contributed by atoms with Crippen LogP contribution < -0.4 is 5.73 Å². The molecule has 1 saturated heterocycles. The zero-order chi connectivity index (χ0) is 19.2. The molecule has 0 aliphatic carbocycles. The molecule has 3 aromatic rings. The molecule has 138 valence electrons. The highest BCUT2D eigenvalue weighted by atomic mass is 32.1. The minimum atomic E-state index is -1.68. The van der Waals surface area contributed by atoms with Crippen molar-refractivity contribution in [2.75, 3.05) is 13.6 Å². The summed E-state index contributed by atoms with van der Waals surface area (Å²) in [5, 5.41) is 16.9. The van der Waals surface area contributed by atoms with Gasteiger partial charge in [0.15, 0.2) is 5.76 Å². The molecule has 0 spiro atoms. The van der Waals surface area contributed by atoms with Gasteiger partial charge in [0.1, 0.15) is 16.4 Å². The fourth-order valence-electron chi connectivity index (χ4n) is 3.02. The number of nitrogens with two attached hydrogens (primary N) is 1. The largest absolute Gasteiger partial charge is 0.373 e. The molecule has 3 heterocycles. The van der Waals surface area contributed by atoms with Crippen LogP contribution in [0.2, 0.25) is 0 Å². The molecule has 27 heavy (non-hydrogen) atoms. The number of nitrogens with zero attached hydrogens (tertiary/aromatic N) is 3. The van der Waals surface area contributed by atoms with Crippen molar-refractivity contribution in [3.8, 4) is 21.8 Å². The fraction of sp³-hybridized carbons (Fsp3) is 0.222. The summed E-state index contributed by atoms with van der Waals surface area (Å²) < 4.78 is 5.28. The second kappa shape index (κ2) is 6.29. The van der Waals surface area contributed by atoms with Crippen LogP contribution in [-0.2, 0) is 10.4 Å². The number of benzene rings is 1. The molecule has 8 nitrogen and oxygen atoms in total. The number of hydrogen-bond donors (Lipinski definition) is 2. The SMILES string of the molecule is CN1CCC(O)(c2cc(-c3cccc(-c4nc(C(N)=O)cs4)c3)no2)C1=O. The Labute approximate surface area is 158 Å². The topological polar surface area (TPSA) is 123 Å². The van der Waals surface area contributed by atoms with E-state index >= 15 is 0 Å². The number of aliphatic hydroxyl groups is 1. The van der Waals surface area contributed by atoms with Gasteiger partial charge in [-0.3, -0.25) is 9.59 Å². The van der Waals surface area contributed by atoms with Crippen molar-refractivity contribution in [2.24, 2.45) is 5.73 Å². The van der Waals surface area contributed by atoms with Crippen molar-refractivity contribution >= 4 is 23.2 Å². The summed E-state index contributed by atoms with van der Waals surface area (Å²) in [7, 11) is 1.63. The molecule has 1 atom stereocenters. The van der Waals surface area contributed by atoms with Gasteiger partial charge in [0.05, 0.1) is 0 Å². The quantitative estimate of drug-likeness (QED) is 0.705. The summed E-state index contributed by atoms with van der Waals surface area (Å²) in [6, 6.07) is 8.94. The number of thiazole rings is 1. The Morgan fingerprint density at radius 3 is 2.81 bits per heavy atom. The predicted molar refractivity (Wildman–Crippen MR) is 97.7 cm³/mol. The van der Waals surface area contributed by atoms with Gasteiger partial charge in [0.2, 0.25) is 5.60 Å². The molecule has 9 heteroatoms. The first-order valence-electron chi connectivity index (χ1n) is 8.20. The van der Waals surface area contributed by atoms with Crippen LogP contribution >= 0.6 is 11.3 Å². The molecule has 0 saturated carbocycles. The number of carbonyl (C=O) groups excluding carboxylic acids is 2. The van der Waals surface area contributed by atoms with Gasteiger partial charge < -0.3 is 20.3 Å². The molecule has 0 bridgehead atoms. The maximum atomic E-state index is 12.2. The summed E-state index contributed by atoms with van der Waals surface area (Å²) in [5.74, 6) is -0.850. The molecule has 2 aromatic heterocycles. The Bertz CT molecular complexity index is 1040. The third kappa shape index (κ3) is 2.90. The number of hydrogen-bond acceptors (Lipinski definition) is 7. The number of primary amides is 1. The van der Waals surface area contributed by atoms with Crippen molar-refractivity contribution < 1.29 is 19.2 Å². The van der Waals surface area contributed by atoms with Crippen molar-refractivity contribution in [3.05, 3.63) is 47.2 Å². The Balaban J connectivity index is 1.66. The van der Waals surface area contributed by atoms with Gasteiger partial charge in [-0.2, -0.15) is 0 Å². The number of likely N-dealkylation sites (N-methyl/N-ethyl adjacent to an activating group) is 1. The number of amides is 2. The lowest BCUT2D eigenvalue weighted by Crippen LogP contribution is -2.35. The third-order valence-electron chi connectivity index (χ3n) is 4.59. The van der Waals surface area contributed by atoms with E-state index in [-0.39, 0.29) is 17.9 Å². The van der Waals surface area contributed by atoms with Gasteiger partial charge in [0.25, 0.3) is 11.8 Å². The standard InChI is InChI=1S/C18H16N4O4S/c1-22-6-5-18(25,17(22)24)14-8-12(21-26-14)10-3-2-4-11(7-10)16-20-13(9-27-16)15(19)23/h2-4,7-9,25H,5-6H2,1H3,(H2,19,23). The lowest BCUT2D eigenvalue weighted by molar-refractivity contribution is -0.144. The monoisotopic (exact) mass is 384 g/mol. The summed E-state index contributed by atoms with van der Waals surface area (Å²) >= 11 is 1.31. The van der Waals surface area contributed by atoms with Crippen molar-refractivity contribution in [3.63, 3.8) is 0 Å². The van der Waals surface area contributed by atoms with Crippen LogP contribution in [0.4, 0.5) is 0 Å². The highest BCUT2D eigenvalue weighted by Crippen LogP contribution is 2.35. The maximum Gasteiger partial charge on any atom is 0.268 e. The molecule has 0 radical (unpaired) electrons. The minimum absolute atomic E-state index is 0.127. The van der Waals surface area contributed by atoms with Crippen LogP contribution in [-0.4, -0.2) is 45.6 Å². The molecule has 1 fully saturated rings. The lowest BCUT2D eigenvalue weighted by atomic mass is 9.98. The Morgan fingerprint density at radius 2 is 2.15 bits per heavy atom. The smallest absolute Gasteiger partial charge is 0.268 e. The number of rotatable bonds is 4. The van der Waals surface area contributed by atoms with E-state index in [2.05, 4.69) is 10.1 Å². The van der Waals surface area contributed by atoms with Crippen LogP contribution in [0.15, 0.2) is 40.2 Å². The van der Waals surface area contributed by atoms with Gasteiger partial charge in [-0.15, -0.1) is 11.3 Å².